The van der Waals surface area contributed by atoms with Gasteiger partial charge in [-0.05, 0) is 42.5 Å². The van der Waals surface area contributed by atoms with Crippen LogP contribution in [-0.2, 0) is 4.79 Å². The van der Waals surface area contributed by atoms with E-state index in [0.29, 0.717) is 15.3 Å². The average Bonchev–Trinajstić information content (AvgIpc) is 2.66. The maximum absolute atomic E-state index is 12.2. The first-order valence-corrected chi connectivity index (χ1v) is 7.93. The summed E-state index contributed by atoms with van der Waals surface area (Å²) in [5.74, 6) is -0.239. The lowest BCUT2D eigenvalue weighted by molar-refractivity contribution is -0.123. The first-order chi connectivity index (χ1) is 9.02. The first-order valence-electron chi connectivity index (χ1n) is 5.61. The lowest BCUT2D eigenvalue weighted by Crippen LogP contribution is -2.37. The Bertz CT molecular complexity index is 544. The number of carbonyl (C=O) groups excluding carboxylic acids is 2. The van der Waals surface area contributed by atoms with Gasteiger partial charge in [-0.25, -0.2) is 0 Å². The lowest BCUT2D eigenvalue weighted by Gasteiger charge is -2.18. The number of rotatable bonds is 3. The van der Waals surface area contributed by atoms with Crippen LogP contribution < -0.4 is 0 Å². The van der Waals surface area contributed by atoms with E-state index in [1.165, 1.54) is 4.90 Å². The van der Waals surface area contributed by atoms with Gasteiger partial charge in [0, 0.05) is 16.4 Å². The molecule has 0 aromatic heterocycles. The highest BCUT2D eigenvalue weighted by Crippen LogP contribution is 2.33. The highest BCUT2D eigenvalue weighted by atomic mass is 79.9. The number of alkyl halides is 1. The van der Waals surface area contributed by atoms with Crippen LogP contribution in [-0.4, -0.2) is 27.4 Å². The zero-order valence-corrected chi connectivity index (χ0v) is 13.3. The number of amides is 2. The topological polar surface area (TPSA) is 37.4 Å². The molecule has 2 amide bonds. The molecule has 0 aliphatic carbocycles. The number of benzene rings is 1. The van der Waals surface area contributed by atoms with Crippen molar-refractivity contribution in [3.63, 3.8) is 0 Å². The fourth-order valence-corrected chi connectivity index (χ4v) is 2.98. The van der Waals surface area contributed by atoms with Crippen molar-refractivity contribution >= 4 is 56.5 Å². The van der Waals surface area contributed by atoms with Crippen molar-refractivity contribution in [3.05, 3.63) is 39.8 Å². The highest BCUT2D eigenvalue weighted by molar-refractivity contribution is 9.09. The Morgan fingerprint density at radius 3 is 2.58 bits per heavy atom. The Kier molecular flexibility index (Phi) is 4.71. The zero-order valence-electron chi connectivity index (χ0n) is 10.1. The van der Waals surface area contributed by atoms with Crippen molar-refractivity contribution in [2.24, 2.45) is 0 Å². The summed E-state index contributed by atoms with van der Waals surface area (Å²) in [5, 5.41) is 0.981. The van der Waals surface area contributed by atoms with Crippen LogP contribution in [0.15, 0.2) is 29.2 Å². The Hall–Kier alpha value is -0.780. The summed E-state index contributed by atoms with van der Waals surface area (Å²) in [7, 11) is 0. The minimum atomic E-state index is -0.239. The number of hydrogen-bond donors (Lipinski definition) is 0. The third-order valence-electron chi connectivity index (χ3n) is 2.66. The minimum Gasteiger partial charge on any atom is -0.268 e. The van der Waals surface area contributed by atoms with Gasteiger partial charge in [0.2, 0.25) is 0 Å². The second kappa shape index (κ2) is 6.11. The Balaban J connectivity index is 2.25. The number of thioether (sulfide) groups is 1. The van der Waals surface area contributed by atoms with E-state index in [0.717, 1.165) is 17.3 Å². The van der Waals surface area contributed by atoms with E-state index in [1.807, 2.05) is 19.1 Å². The van der Waals surface area contributed by atoms with Crippen molar-refractivity contribution in [3.8, 4) is 0 Å². The molecule has 1 aliphatic rings. The molecule has 1 aromatic carbocycles. The van der Waals surface area contributed by atoms with Crippen LogP contribution in [0.4, 0.5) is 4.79 Å². The summed E-state index contributed by atoms with van der Waals surface area (Å²) in [6.07, 6.45) is 1.71. The van der Waals surface area contributed by atoms with Gasteiger partial charge in [0.15, 0.2) is 0 Å². The molecule has 100 valence electrons. The highest BCUT2D eigenvalue weighted by Gasteiger charge is 2.37. The predicted molar refractivity (Wildman–Crippen MR) is 82.5 cm³/mol. The van der Waals surface area contributed by atoms with E-state index in [1.54, 1.807) is 18.2 Å². The van der Waals surface area contributed by atoms with Crippen LogP contribution in [0.2, 0.25) is 5.02 Å². The second-order valence-electron chi connectivity index (χ2n) is 4.11. The van der Waals surface area contributed by atoms with Gasteiger partial charge in [0.05, 0.1) is 4.91 Å². The maximum Gasteiger partial charge on any atom is 0.293 e. The van der Waals surface area contributed by atoms with Gasteiger partial charge >= 0.3 is 0 Å². The summed E-state index contributed by atoms with van der Waals surface area (Å²) in [5.41, 5.74) is 0.849. The maximum atomic E-state index is 12.2. The Morgan fingerprint density at radius 1 is 1.37 bits per heavy atom. The molecule has 0 radical (unpaired) electrons. The lowest BCUT2D eigenvalue weighted by atomic mass is 10.2. The summed E-state index contributed by atoms with van der Waals surface area (Å²) >= 11 is 10.1. The molecule has 1 aromatic rings. The molecule has 6 heteroatoms. The van der Waals surface area contributed by atoms with Gasteiger partial charge in [0.1, 0.15) is 0 Å². The zero-order chi connectivity index (χ0) is 14.0. The molecular weight excluding hydrogens is 350 g/mol. The fourth-order valence-electron chi connectivity index (χ4n) is 1.64. The molecule has 1 atom stereocenters. The van der Waals surface area contributed by atoms with Crippen LogP contribution in [0.25, 0.3) is 6.08 Å². The normalized spacial score (nSPS) is 19.3. The van der Waals surface area contributed by atoms with Gasteiger partial charge in [-0.3, -0.25) is 14.5 Å². The molecule has 0 bridgehead atoms. The largest absolute Gasteiger partial charge is 0.293 e. The average molecular weight is 361 g/mol. The minimum absolute atomic E-state index is 0.149. The van der Waals surface area contributed by atoms with Crippen LogP contribution in [0.3, 0.4) is 0 Å². The van der Waals surface area contributed by atoms with Crippen molar-refractivity contribution in [2.75, 3.05) is 5.33 Å². The number of imide groups is 1. The predicted octanol–water partition coefficient (Wildman–Crippen LogP) is 4.16. The molecule has 0 spiro atoms. The van der Waals surface area contributed by atoms with Gasteiger partial charge in [0.25, 0.3) is 11.1 Å². The molecule has 3 nitrogen and oxygen atoms in total. The SMILES string of the molecule is CC(CBr)N1C(=O)SC(=Cc2ccc(Cl)cc2)C1=O. The smallest absolute Gasteiger partial charge is 0.268 e. The first kappa shape index (κ1) is 14.6. The second-order valence-corrected chi connectivity index (χ2v) is 6.18. The molecule has 0 saturated carbocycles. The standard InChI is InChI=1S/C13H11BrClNO2S/c1-8(7-14)16-12(17)11(19-13(16)18)6-9-2-4-10(15)5-3-9/h2-6,8H,7H2,1H3. The Labute approximate surface area is 129 Å². The molecule has 1 aliphatic heterocycles. The van der Waals surface area contributed by atoms with E-state index in [2.05, 4.69) is 15.9 Å². The summed E-state index contributed by atoms with van der Waals surface area (Å²) in [6.45, 7) is 1.83. The molecule has 19 heavy (non-hydrogen) atoms. The molecule has 1 saturated heterocycles. The molecule has 1 fully saturated rings. The fraction of sp³-hybridized carbons (Fsp3) is 0.231. The monoisotopic (exact) mass is 359 g/mol. The van der Waals surface area contributed by atoms with Crippen molar-refractivity contribution in [1.29, 1.82) is 0 Å². The van der Waals surface area contributed by atoms with Gasteiger partial charge < -0.3 is 0 Å². The van der Waals surface area contributed by atoms with E-state index >= 15 is 0 Å². The van der Waals surface area contributed by atoms with E-state index in [-0.39, 0.29) is 17.2 Å². The van der Waals surface area contributed by atoms with Crippen LogP contribution in [0, 0.1) is 0 Å². The van der Waals surface area contributed by atoms with Gasteiger partial charge in [-0.1, -0.05) is 39.7 Å². The quantitative estimate of drug-likeness (QED) is 0.600. The third kappa shape index (κ3) is 3.22. The van der Waals surface area contributed by atoms with E-state index < -0.39 is 0 Å². The number of nitrogens with zero attached hydrogens (tertiary/aromatic N) is 1. The molecule has 2 rings (SSSR count). The van der Waals surface area contributed by atoms with Crippen LogP contribution >= 0.6 is 39.3 Å². The summed E-state index contributed by atoms with van der Waals surface area (Å²) in [4.78, 5) is 25.7. The molecule has 1 unspecified atom stereocenters. The van der Waals surface area contributed by atoms with Gasteiger partial charge in [-0.15, -0.1) is 0 Å². The van der Waals surface area contributed by atoms with Crippen LogP contribution in [0.1, 0.15) is 12.5 Å². The number of hydrogen-bond acceptors (Lipinski definition) is 3. The van der Waals surface area contributed by atoms with Crippen molar-refractivity contribution in [1.82, 2.24) is 4.90 Å². The van der Waals surface area contributed by atoms with Crippen LogP contribution in [0.5, 0.6) is 0 Å². The van der Waals surface area contributed by atoms with Crippen molar-refractivity contribution < 1.29 is 9.59 Å². The molecule has 0 N–H and O–H groups in total. The molecular formula is C13H11BrClNO2S. The molecule has 1 heterocycles. The number of halogens is 2. The van der Waals surface area contributed by atoms with Crippen molar-refractivity contribution in [2.45, 2.75) is 13.0 Å². The number of carbonyl (C=O) groups is 2. The summed E-state index contributed by atoms with van der Waals surface area (Å²) < 4.78 is 0. The summed E-state index contributed by atoms with van der Waals surface area (Å²) in [6, 6.07) is 6.97. The third-order valence-corrected chi connectivity index (χ3v) is 4.73. The Morgan fingerprint density at radius 2 is 2.00 bits per heavy atom. The van der Waals surface area contributed by atoms with Gasteiger partial charge in [-0.2, -0.15) is 0 Å². The van der Waals surface area contributed by atoms with E-state index in [4.69, 9.17) is 11.6 Å². The van der Waals surface area contributed by atoms with E-state index in [9.17, 15) is 9.59 Å².